The molecule has 6 nitrogen and oxygen atoms in total. The Morgan fingerprint density at radius 2 is 2.33 bits per heavy atom. The predicted octanol–water partition coefficient (Wildman–Crippen LogP) is 0.296. The summed E-state index contributed by atoms with van der Waals surface area (Å²) in [5, 5.41) is 5.45. The summed E-state index contributed by atoms with van der Waals surface area (Å²) in [6, 6.07) is 0. The molecule has 0 radical (unpaired) electrons. The van der Waals surface area contributed by atoms with Crippen LogP contribution < -0.4 is 15.4 Å². The van der Waals surface area contributed by atoms with E-state index in [1.165, 1.54) is 13.4 Å². The third-order valence-electron chi connectivity index (χ3n) is 1.66. The van der Waals surface area contributed by atoms with Gasteiger partial charge in [0.15, 0.2) is 16.7 Å². The summed E-state index contributed by atoms with van der Waals surface area (Å²) in [7, 11) is 3.00. The van der Waals surface area contributed by atoms with Crippen LogP contribution in [0.2, 0.25) is 5.15 Å². The van der Waals surface area contributed by atoms with Gasteiger partial charge in [-0.15, -0.1) is 0 Å². The Labute approximate surface area is 92.0 Å². The van der Waals surface area contributed by atoms with E-state index in [1.54, 1.807) is 7.05 Å². The number of aromatic nitrogens is 2. The monoisotopic (exact) mass is 230 g/mol. The van der Waals surface area contributed by atoms with Crippen LogP contribution in [0, 0.1) is 0 Å². The van der Waals surface area contributed by atoms with Crippen molar-refractivity contribution in [1.29, 1.82) is 0 Å². The summed E-state index contributed by atoms with van der Waals surface area (Å²) < 4.78 is 4.99. The van der Waals surface area contributed by atoms with Gasteiger partial charge in [-0.2, -0.15) is 0 Å². The predicted molar refractivity (Wildman–Crippen MR) is 56.2 cm³/mol. The highest BCUT2D eigenvalue weighted by Gasteiger charge is 2.10. The average molecular weight is 231 g/mol. The van der Waals surface area contributed by atoms with Crippen LogP contribution >= 0.6 is 11.6 Å². The highest BCUT2D eigenvalue weighted by molar-refractivity contribution is 6.31. The van der Waals surface area contributed by atoms with Crippen molar-refractivity contribution in [2.24, 2.45) is 0 Å². The lowest BCUT2D eigenvalue weighted by molar-refractivity contribution is -0.118. The number of halogens is 1. The van der Waals surface area contributed by atoms with Crippen molar-refractivity contribution in [1.82, 2.24) is 15.3 Å². The largest absolute Gasteiger partial charge is 0.490 e. The van der Waals surface area contributed by atoms with E-state index >= 15 is 0 Å². The van der Waals surface area contributed by atoms with Gasteiger partial charge in [-0.1, -0.05) is 11.6 Å². The Balaban J connectivity index is 2.76. The number of methoxy groups -OCH3 is 1. The van der Waals surface area contributed by atoms with Crippen molar-refractivity contribution in [3.63, 3.8) is 0 Å². The SMILES string of the molecule is CNC(=O)CNc1ncnc(Cl)c1OC. The smallest absolute Gasteiger partial charge is 0.239 e. The van der Waals surface area contributed by atoms with Gasteiger partial charge in [-0.05, 0) is 0 Å². The van der Waals surface area contributed by atoms with E-state index in [0.29, 0.717) is 11.6 Å². The molecule has 2 N–H and O–H groups in total. The van der Waals surface area contributed by atoms with Crippen LogP contribution in [0.3, 0.4) is 0 Å². The Morgan fingerprint density at radius 1 is 1.60 bits per heavy atom. The topological polar surface area (TPSA) is 76.1 Å². The maximum absolute atomic E-state index is 11.0. The second-order valence-corrected chi connectivity index (χ2v) is 2.93. The zero-order chi connectivity index (χ0) is 11.3. The number of nitrogens with one attached hydrogen (secondary N) is 2. The fourth-order valence-electron chi connectivity index (χ4n) is 0.911. The molecule has 1 aromatic rings. The molecule has 7 heteroatoms. The first kappa shape index (κ1) is 11.5. The van der Waals surface area contributed by atoms with Gasteiger partial charge < -0.3 is 15.4 Å². The minimum atomic E-state index is -0.160. The lowest BCUT2D eigenvalue weighted by Crippen LogP contribution is -2.26. The van der Waals surface area contributed by atoms with Crippen molar-refractivity contribution in [3.8, 4) is 5.75 Å². The van der Waals surface area contributed by atoms with E-state index in [1.807, 2.05) is 0 Å². The minimum Gasteiger partial charge on any atom is -0.490 e. The second kappa shape index (κ2) is 5.35. The van der Waals surface area contributed by atoms with Gasteiger partial charge in [0.05, 0.1) is 13.7 Å². The summed E-state index contributed by atoms with van der Waals surface area (Å²) in [5.41, 5.74) is 0. The third kappa shape index (κ3) is 2.95. The second-order valence-electron chi connectivity index (χ2n) is 2.57. The lowest BCUT2D eigenvalue weighted by atomic mass is 10.5. The van der Waals surface area contributed by atoms with Crippen LogP contribution in [0.1, 0.15) is 0 Å². The molecule has 0 aliphatic rings. The van der Waals surface area contributed by atoms with E-state index in [4.69, 9.17) is 16.3 Å². The van der Waals surface area contributed by atoms with E-state index in [0.717, 1.165) is 0 Å². The van der Waals surface area contributed by atoms with Crippen LogP contribution in [0.25, 0.3) is 0 Å². The van der Waals surface area contributed by atoms with Gasteiger partial charge in [0, 0.05) is 7.05 Å². The molecule has 0 unspecified atom stereocenters. The van der Waals surface area contributed by atoms with Gasteiger partial charge in [-0.3, -0.25) is 4.79 Å². The molecule has 0 aliphatic carbocycles. The van der Waals surface area contributed by atoms with Crippen molar-refractivity contribution in [2.75, 3.05) is 26.0 Å². The maximum atomic E-state index is 11.0. The highest BCUT2D eigenvalue weighted by atomic mass is 35.5. The highest BCUT2D eigenvalue weighted by Crippen LogP contribution is 2.27. The van der Waals surface area contributed by atoms with Crippen LogP contribution in [-0.2, 0) is 4.79 Å². The van der Waals surface area contributed by atoms with Crippen molar-refractivity contribution < 1.29 is 9.53 Å². The molecule has 0 aromatic carbocycles. The first-order valence-corrected chi connectivity index (χ1v) is 4.55. The average Bonchev–Trinajstić information content (AvgIpc) is 2.25. The number of likely N-dealkylation sites (N-methyl/N-ethyl adjacent to an activating group) is 1. The van der Waals surface area contributed by atoms with E-state index in [2.05, 4.69) is 20.6 Å². The van der Waals surface area contributed by atoms with Crippen LogP contribution in [0.4, 0.5) is 5.82 Å². The number of hydrogen-bond donors (Lipinski definition) is 2. The first-order valence-electron chi connectivity index (χ1n) is 4.18. The Bertz CT molecular complexity index is 358. The van der Waals surface area contributed by atoms with Gasteiger partial charge in [0.25, 0.3) is 0 Å². The summed E-state index contributed by atoms with van der Waals surface area (Å²) in [6.45, 7) is 0.0974. The fourth-order valence-corrected chi connectivity index (χ4v) is 1.12. The van der Waals surface area contributed by atoms with Crippen LogP contribution in [-0.4, -0.2) is 36.6 Å². The van der Waals surface area contributed by atoms with Gasteiger partial charge in [-0.25, -0.2) is 9.97 Å². The summed E-state index contributed by atoms with van der Waals surface area (Å²) in [5.74, 6) is 0.552. The Morgan fingerprint density at radius 3 is 2.93 bits per heavy atom. The molecule has 0 saturated carbocycles. The molecule has 1 rings (SSSR count). The van der Waals surface area contributed by atoms with E-state index < -0.39 is 0 Å². The number of rotatable bonds is 4. The van der Waals surface area contributed by atoms with E-state index in [9.17, 15) is 4.79 Å². The normalized spacial score (nSPS) is 9.53. The standard InChI is InChI=1S/C8H11ClN4O2/c1-10-5(14)3-11-8-6(15-2)7(9)12-4-13-8/h4H,3H2,1-2H3,(H,10,14)(H,11,12,13). The third-order valence-corrected chi connectivity index (χ3v) is 1.93. The molecular weight excluding hydrogens is 220 g/mol. The van der Waals surface area contributed by atoms with Crippen molar-refractivity contribution in [3.05, 3.63) is 11.5 Å². The Hall–Kier alpha value is -1.56. The van der Waals surface area contributed by atoms with Crippen LogP contribution in [0.15, 0.2) is 6.33 Å². The molecule has 1 aromatic heterocycles. The zero-order valence-corrected chi connectivity index (χ0v) is 9.13. The number of hydrogen-bond acceptors (Lipinski definition) is 5. The van der Waals surface area contributed by atoms with Crippen LogP contribution in [0.5, 0.6) is 5.75 Å². The molecule has 0 fully saturated rings. The van der Waals surface area contributed by atoms with Crippen molar-refractivity contribution in [2.45, 2.75) is 0 Å². The molecule has 0 spiro atoms. The molecule has 82 valence electrons. The number of carbonyl (C=O) groups excluding carboxylic acids is 1. The Kier molecular flexibility index (Phi) is 4.11. The van der Waals surface area contributed by atoms with E-state index in [-0.39, 0.29) is 17.6 Å². The minimum absolute atomic E-state index is 0.0974. The molecule has 1 heterocycles. The number of carbonyl (C=O) groups is 1. The number of nitrogens with zero attached hydrogens (tertiary/aromatic N) is 2. The van der Waals surface area contributed by atoms with Gasteiger partial charge in [0.2, 0.25) is 5.91 Å². The molecule has 1 amide bonds. The molecule has 0 atom stereocenters. The number of amides is 1. The first-order chi connectivity index (χ1) is 7.19. The van der Waals surface area contributed by atoms with Gasteiger partial charge in [0.1, 0.15) is 6.33 Å². The molecular formula is C8H11ClN4O2. The van der Waals surface area contributed by atoms with Gasteiger partial charge >= 0.3 is 0 Å². The molecule has 0 aliphatic heterocycles. The lowest BCUT2D eigenvalue weighted by Gasteiger charge is -2.09. The molecule has 15 heavy (non-hydrogen) atoms. The zero-order valence-electron chi connectivity index (χ0n) is 8.37. The molecule has 0 bridgehead atoms. The quantitative estimate of drug-likeness (QED) is 0.728. The summed E-state index contributed by atoms with van der Waals surface area (Å²) in [6.07, 6.45) is 1.29. The maximum Gasteiger partial charge on any atom is 0.239 e. The summed E-state index contributed by atoms with van der Waals surface area (Å²) >= 11 is 5.76. The number of ether oxygens (including phenoxy) is 1. The number of anilines is 1. The van der Waals surface area contributed by atoms with Crippen molar-refractivity contribution >= 4 is 23.3 Å². The molecule has 0 saturated heterocycles. The fraction of sp³-hybridized carbons (Fsp3) is 0.375. The summed E-state index contributed by atoms with van der Waals surface area (Å²) in [4.78, 5) is 18.6.